The minimum absolute atomic E-state index is 0.0225. The van der Waals surface area contributed by atoms with E-state index in [-0.39, 0.29) is 22.5 Å². The molecule has 3 atom stereocenters. The predicted molar refractivity (Wildman–Crippen MR) is 71.1 cm³/mol. The molecule has 6 heteroatoms. The van der Waals surface area contributed by atoms with Crippen LogP contribution in [0.25, 0.3) is 0 Å². The molecule has 1 saturated heterocycles. The van der Waals surface area contributed by atoms with Gasteiger partial charge in [-0.15, -0.1) is 0 Å². The van der Waals surface area contributed by atoms with Crippen molar-refractivity contribution in [3.63, 3.8) is 0 Å². The van der Waals surface area contributed by atoms with Crippen LogP contribution >= 0.6 is 0 Å². The molecule has 1 aromatic rings. The lowest BCUT2D eigenvalue weighted by molar-refractivity contribution is 0.248. The van der Waals surface area contributed by atoms with Crippen molar-refractivity contribution < 1.29 is 12.6 Å². The third-order valence-electron chi connectivity index (χ3n) is 4.16. The van der Waals surface area contributed by atoms with Gasteiger partial charge in [0, 0.05) is 24.5 Å². The molecule has 3 rings (SSSR count). The topological polar surface area (TPSA) is 81.4 Å². The van der Waals surface area contributed by atoms with Crippen molar-refractivity contribution in [2.75, 3.05) is 13.1 Å². The Morgan fingerprint density at radius 3 is 2.63 bits per heavy atom. The van der Waals surface area contributed by atoms with E-state index in [0.717, 1.165) is 18.7 Å². The van der Waals surface area contributed by atoms with Crippen molar-refractivity contribution in [1.29, 1.82) is 0 Å². The third-order valence-corrected chi connectivity index (χ3v) is 5.49. The van der Waals surface area contributed by atoms with Gasteiger partial charge in [0.15, 0.2) is 0 Å². The smallest absolute Gasteiger partial charge is 0.297 e. The molecule has 1 aliphatic carbocycles. The second-order valence-electron chi connectivity index (χ2n) is 5.53. The van der Waals surface area contributed by atoms with Crippen LogP contribution in [0.1, 0.15) is 12.0 Å². The van der Waals surface area contributed by atoms with Gasteiger partial charge < -0.3 is 11.1 Å². The van der Waals surface area contributed by atoms with Crippen LogP contribution in [-0.2, 0) is 14.3 Å². The second kappa shape index (κ2) is 4.28. The van der Waals surface area contributed by atoms with E-state index in [0.29, 0.717) is 6.42 Å². The van der Waals surface area contributed by atoms with Crippen LogP contribution in [-0.4, -0.2) is 33.7 Å². The Morgan fingerprint density at radius 2 is 2.05 bits per heavy atom. The minimum Gasteiger partial charge on any atom is -0.326 e. The largest absolute Gasteiger partial charge is 0.326 e. The summed E-state index contributed by atoms with van der Waals surface area (Å²) in [6, 6.07) is 6.66. The molecule has 1 aromatic carbocycles. The highest BCUT2D eigenvalue weighted by molar-refractivity contribution is 7.86. The number of benzene rings is 1. The zero-order valence-electron chi connectivity index (χ0n) is 10.8. The summed E-state index contributed by atoms with van der Waals surface area (Å²) in [5.41, 5.74) is 6.84. The van der Waals surface area contributed by atoms with Gasteiger partial charge in [-0.25, -0.2) is 0 Å². The molecule has 19 heavy (non-hydrogen) atoms. The molecule has 1 saturated carbocycles. The molecule has 2 fully saturated rings. The van der Waals surface area contributed by atoms with Gasteiger partial charge in [0.25, 0.3) is 10.1 Å². The third kappa shape index (κ3) is 2.18. The molecule has 0 radical (unpaired) electrons. The van der Waals surface area contributed by atoms with Crippen molar-refractivity contribution in [3.05, 3.63) is 29.8 Å². The van der Waals surface area contributed by atoms with Gasteiger partial charge in [-0.3, -0.25) is 4.18 Å². The van der Waals surface area contributed by atoms with Crippen LogP contribution in [0, 0.1) is 12.3 Å². The van der Waals surface area contributed by atoms with Crippen molar-refractivity contribution >= 4 is 10.1 Å². The van der Waals surface area contributed by atoms with Gasteiger partial charge in [-0.05, 0) is 25.5 Å². The first-order chi connectivity index (χ1) is 8.94. The summed E-state index contributed by atoms with van der Waals surface area (Å²) in [5, 5.41) is 3.19. The van der Waals surface area contributed by atoms with E-state index >= 15 is 0 Å². The van der Waals surface area contributed by atoms with Gasteiger partial charge in [0.2, 0.25) is 0 Å². The van der Waals surface area contributed by atoms with Crippen molar-refractivity contribution in [3.8, 4) is 0 Å². The van der Waals surface area contributed by atoms with Gasteiger partial charge in [-0.2, -0.15) is 8.42 Å². The van der Waals surface area contributed by atoms with Crippen LogP contribution < -0.4 is 11.1 Å². The molecule has 0 aromatic heterocycles. The highest BCUT2D eigenvalue weighted by atomic mass is 32.2. The van der Waals surface area contributed by atoms with Gasteiger partial charge in [-0.1, -0.05) is 17.7 Å². The Morgan fingerprint density at radius 1 is 1.37 bits per heavy atom. The fraction of sp³-hybridized carbons (Fsp3) is 0.538. The summed E-state index contributed by atoms with van der Waals surface area (Å²) >= 11 is 0. The fourth-order valence-electron chi connectivity index (χ4n) is 2.70. The van der Waals surface area contributed by atoms with Crippen LogP contribution in [0.4, 0.5) is 0 Å². The van der Waals surface area contributed by atoms with E-state index in [1.165, 1.54) is 0 Å². The molecule has 2 aliphatic rings. The van der Waals surface area contributed by atoms with Crippen molar-refractivity contribution in [1.82, 2.24) is 5.32 Å². The van der Waals surface area contributed by atoms with Crippen LogP contribution in [0.15, 0.2) is 29.2 Å². The number of aryl methyl sites for hydroxylation is 1. The van der Waals surface area contributed by atoms with Crippen LogP contribution in [0.5, 0.6) is 0 Å². The zero-order valence-corrected chi connectivity index (χ0v) is 11.6. The molecule has 0 amide bonds. The number of rotatable bonds is 3. The maximum absolute atomic E-state index is 12.2. The highest BCUT2D eigenvalue weighted by Gasteiger charge is 2.62. The summed E-state index contributed by atoms with van der Waals surface area (Å²) < 4.78 is 29.6. The molecule has 1 spiro atoms. The quantitative estimate of drug-likeness (QED) is 0.784. The minimum atomic E-state index is -3.68. The molecule has 3 N–H and O–H groups in total. The number of hydrogen-bond acceptors (Lipinski definition) is 5. The van der Waals surface area contributed by atoms with E-state index in [4.69, 9.17) is 9.92 Å². The van der Waals surface area contributed by atoms with E-state index in [9.17, 15) is 8.42 Å². The fourth-order valence-corrected chi connectivity index (χ4v) is 3.85. The summed E-state index contributed by atoms with van der Waals surface area (Å²) in [5.74, 6) is 0. The lowest BCUT2D eigenvalue weighted by Gasteiger charge is -2.14. The zero-order chi connectivity index (χ0) is 13.7. The number of nitrogens with two attached hydrogens (primary N) is 1. The maximum Gasteiger partial charge on any atom is 0.297 e. The Labute approximate surface area is 113 Å². The SMILES string of the molecule is Cc1ccc(S(=O)(=O)OC2CC23CNCC3N)cc1. The number of nitrogens with one attached hydrogen (secondary N) is 1. The first-order valence-corrected chi connectivity index (χ1v) is 7.81. The average Bonchev–Trinajstić information content (AvgIpc) is 2.89. The molecular weight excluding hydrogens is 264 g/mol. The standard InChI is InChI=1S/C13H18N2O3S/c1-9-2-4-10(5-3-9)19(16,17)18-12-6-13(12)8-15-7-11(13)14/h2-5,11-12,15H,6-8,14H2,1H3. The first kappa shape index (κ1) is 13.1. The maximum atomic E-state index is 12.2. The molecule has 1 heterocycles. The first-order valence-electron chi connectivity index (χ1n) is 6.40. The summed E-state index contributed by atoms with van der Waals surface area (Å²) in [6.07, 6.45) is 0.426. The lowest BCUT2D eigenvalue weighted by atomic mass is 10.0. The van der Waals surface area contributed by atoms with E-state index < -0.39 is 10.1 Å². The molecule has 0 bridgehead atoms. The average molecular weight is 282 g/mol. The van der Waals surface area contributed by atoms with E-state index in [1.807, 2.05) is 6.92 Å². The molecule has 5 nitrogen and oxygen atoms in total. The molecule has 1 aliphatic heterocycles. The van der Waals surface area contributed by atoms with E-state index in [2.05, 4.69) is 5.32 Å². The summed E-state index contributed by atoms with van der Waals surface area (Å²) in [6.45, 7) is 3.38. The monoisotopic (exact) mass is 282 g/mol. The summed E-state index contributed by atoms with van der Waals surface area (Å²) in [7, 11) is -3.68. The summed E-state index contributed by atoms with van der Waals surface area (Å²) in [4.78, 5) is 0.208. The van der Waals surface area contributed by atoms with Gasteiger partial charge in [0.05, 0.1) is 11.0 Å². The molecule has 104 valence electrons. The van der Waals surface area contributed by atoms with Gasteiger partial charge in [0.1, 0.15) is 0 Å². The van der Waals surface area contributed by atoms with Crippen molar-refractivity contribution in [2.45, 2.75) is 30.4 Å². The van der Waals surface area contributed by atoms with Crippen molar-refractivity contribution in [2.24, 2.45) is 11.1 Å². The van der Waals surface area contributed by atoms with Crippen LogP contribution in [0.3, 0.4) is 0 Å². The predicted octanol–water partition coefficient (Wildman–Crippen LogP) is 0.390. The lowest BCUT2D eigenvalue weighted by Crippen LogP contribution is -2.33. The number of hydrogen-bond donors (Lipinski definition) is 2. The van der Waals surface area contributed by atoms with Gasteiger partial charge >= 0.3 is 0 Å². The Bertz CT molecular complexity index is 584. The Balaban J connectivity index is 1.75. The van der Waals surface area contributed by atoms with E-state index in [1.54, 1.807) is 24.3 Å². The second-order valence-corrected chi connectivity index (χ2v) is 7.10. The Hall–Kier alpha value is -0.950. The molecular formula is C13H18N2O3S. The normalized spacial score (nSPS) is 33.8. The Kier molecular flexibility index (Phi) is 2.94. The molecule has 3 unspecified atom stereocenters. The highest BCUT2D eigenvalue weighted by Crippen LogP contribution is 2.53. The van der Waals surface area contributed by atoms with Crippen LogP contribution in [0.2, 0.25) is 0 Å².